The number of methoxy groups -OCH3 is 1. The molecule has 3 fully saturated rings. The molecule has 4 heterocycles. The molecule has 0 aromatic heterocycles. The van der Waals surface area contributed by atoms with Gasteiger partial charge in [-0.25, -0.2) is 0 Å². The van der Waals surface area contributed by atoms with Crippen LogP contribution in [-0.2, 0) is 19.1 Å². The van der Waals surface area contributed by atoms with Crippen LogP contribution in [0.2, 0.25) is 0 Å². The van der Waals surface area contributed by atoms with Gasteiger partial charge in [-0.15, -0.1) is 0 Å². The number of hydrogen-bond donors (Lipinski definition) is 5. The lowest BCUT2D eigenvalue weighted by Gasteiger charge is -2.37. The molecular weight excluding hydrogens is 851 g/mol. The highest BCUT2D eigenvalue weighted by atomic mass is 16.5. The summed E-state index contributed by atoms with van der Waals surface area (Å²) in [7, 11) is 5.66. The van der Waals surface area contributed by atoms with E-state index in [4.69, 9.17) is 4.74 Å². The van der Waals surface area contributed by atoms with Gasteiger partial charge in [0.25, 0.3) is 0 Å². The highest BCUT2D eigenvalue weighted by molar-refractivity contribution is 5.79. The number of dihydropyridines is 1. The van der Waals surface area contributed by atoms with Crippen LogP contribution in [-0.4, -0.2) is 150 Å². The third kappa shape index (κ3) is 25.0. The quantitative estimate of drug-likeness (QED) is 0.0478. The van der Waals surface area contributed by atoms with Crippen molar-refractivity contribution in [3.63, 3.8) is 0 Å². The average Bonchev–Trinajstić information content (AvgIpc) is 3.37. The predicted molar refractivity (Wildman–Crippen MR) is 285 cm³/mol. The van der Waals surface area contributed by atoms with Gasteiger partial charge >= 0.3 is 0 Å². The number of benzene rings is 1. The molecule has 4 aliphatic rings. The van der Waals surface area contributed by atoms with Gasteiger partial charge in [-0.1, -0.05) is 75.9 Å². The van der Waals surface area contributed by atoms with Gasteiger partial charge in [0.15, 0.2) is 0 Å². The van der Waals surface area contributed by atoms with E-state index in [0.29, 0.717) is 17.9 Å². The summed E-state index contributed by atoms with van der Waals surface area (Å²) in [4.78, 5) is 45.5. The van der Waals surface area contributed by atoms with Crippen LogP contribution in [0.5, 0.6) is 0 Å². The number of ether oxygens (including phenoxy) is 1. The van der Waals surface area contributed by atoms with Crippen molar-refractivity contribution < 1.29 is 19.1 Å². The Balaban J connectivity index is 0.000000384. The first-order valence-electron chi connectivity index (χ1n) is 25.6. The van der Waals surface area contributed by atoms with Crippen LogP contribution in [0.25, 0.3) is 0 Å². The molecule has 0 aliphatic carbocycles. The number of para-hydroxylation sites is 1. The zero-order chi connectivity index (χ0) is 49.9. The number of anilines is 1. The third-order valence-corrected chi connectivity index (χ3v) is 12.8. The van der Waals surface area contributed by atoms with Crippen LogP contribution in [0.3, 0.4) is 0 Å². The maximum absolute atomic E-state index is 12.9. The normalized spacial score (nSPS) is 17.8. The zero-order valence-corrected chi connectivity index (χ0v) is 43.8. The van der Waals surface area contributed by atoms with Crippen LogP contribution < -0.4 is 26.6 Å². The smallest absolute Gasteiger partial charge is 0.225 e. The number of hydrogen-bond acceptors (Lipinski definition) is 10. The molecule has 3 saturated heterocycles. The summed E-state index contributed by atoms with van der Waals surface area (Å²) in [6.07, 6.45) is 24.3. The Morgan fingerprint density at radius 3 is 2.16 bits per heavy atom. The lowest BCUT2D eigenvalue weighted by Crippen LogP contribution is -2.46. The number of carbonyl (C=O) groups excluding carboxylic acids is 3. The van der Waals surface area contributed by atoms with Gasteiger partial charge in [0, 0.05) is 95.6 Å². The van der Waals surface area contributed by atoms with Crippen molar-refractivity contribution in [1.82, 2.24) is 40.9 Å². The number of likely N-dealkylation sites (tertiary alicyclic amines) is 3. The molecule has 0 spiro atoms. The van der Waals surface area contributed by atoms with Crippen molar-refractivity contribution in [2.75, 3.05) is 112 Å². The van der Waals surface area contributed by atoms with E-state index in [1.807, 2.05) is 89.3 Å². The number of allylic oxidation sites excluding steroid dienone is 4. The topological polar surface area (TPSA) is 134 Å². The number of nitrogens with zero attached hydrogens (tertiary/aromatic N) is 4. The van der Waals surface area contributed by atoms with Crippen molar-refractivity contribution in [3.05, 3.63) is 103 Å². The minimum absolute atomic E-state index is 0.0238. The summed E-state index contributed by atoms with van der Waals surface area (Å²) in [5, 5.41) is 15.9. The zero-order valence-electron chi connectivity index (χ0n) is 43.8. The summed E-state index contributed by atoms with van der Waals surface area (Å²) in [5.41, 5.74) is 3.62. The molecule has 5 rings (SSSR count). The van der Waals surface area contributed by atoms with Crippen LogP contribution >= 0.6 is 0 Å². The Morgan fingerprint density at radius 1 is 0.926 bits per heavy atom. The molecule has 1 unspecified atom stereocenters. The summed E-state index contributed by atoms with van der Waals surface area (Å²) < 4.78 is 5.49. The Hall–Kier alpha value is -4.85. The lowest BCUT2D eigenvalue weighted by atomic mass is 9.92. The maximum atomic E-state index is 12.9. The van der Waals surface area contributed by atoms with E-state index >= 15 is 0 Å². The molecule has 0 saturated carbocycles. The number of rotatable bonds is 21. The fourth-order valence-electron chi connectivity index (χ4n) is 8.31. The van der Waals surface area contributed by atoms with E-state index in [2.05, 4.69) is 91.2 Å². The minimum atomic E-state index is 0.0238. The molecule has 3 amide bonds. The minimum Gasteiger partial charge on any atom is -0.500 e. The Kier molecular flexibility index (Phi) is 31.5. The maximum Gasteiger partial charge on any atom is 0.225 e. The van der Waals surface area contributed by atoms with Crippen molar-refractivity contribution >= 4 is 23.4 Å². The van der Waals surface area contributed by atoms with Gasteiger partial charge in [0.1, 0.15) is 5.76 Å². The van der Waals surface area contributed by atoms with E-state index in [1.165, 1.54) is 5.57 Å². The highest BCUT2D eigenvalue weighted by Gasteiger charge is 2.31. The third-order valence-electron chi connectivity index (χ3n) is 12.8. The van der Waals surface area contributed by atoms with Gasteiger partial charge < -0.3 is 41.1 Å². The highest BCUT2D eigenvalue weighted by Crippen LogP contribution is 2.25. The number of amides is 3. The van der Waals surface area contributed by atoms with Gasteiger partial charge in [-0.2, -0.15) is 0 Å². The van der Waals surface area contributed by atoms with Gasteiger partial charge in [-0.3, -0.25) is 24.2 Å². The number of nitrogens with one attached hydrogen (secondary N) is 5. The monoisotopic (exact) mass is 944 g/mol. The van der Waals surface area contributed by atoms with Crippen molar-refractivity contribution in [2.45, 2.75) is 99.0 Å². The molecule has 1 aromatic rings. The molecule has 0 bridgehead atoms. The largest absolute Gasteiger partial charge is 0.500 e. The molecule has 13 nitrogen and oxygen atoms in total. The SMILES string of the molecule is C=C(C)N(C)C/C=C\C.CC.CCC(CCNC(=O)C1CCN(CC2=CCNC=C2)CC1)Nc1ccccc1.CNC/C=C/C=C(/CN1CCC(C(=O)N2CCC(CNC(C)=O)CC2)CC1)OC. The Labute approximate surface area is 413 Å². The summed E-state index contributed by atoms with van der Waals surface area (Å²) in [6.45, 7) is 27.0. The van der Waals surface area contributed by atoms with Gasteiger partial charge in [0.05, 0.1) is 13.7 Å². The Bertz CT molecular complexity index is 1700. The fourth-order valence-corrected chi connectivity index (χ4v) is 8.31. The van der Waals surface area contributed by atoms with Crippen molar-refractivity contribution in [2.24, 2.45) is 17.8 Å². The number of carbonyl (C=O) groups is 3. The van der Waals surface area contributed by atoms with Crippen molar-refractivity contribution in [1.29, 1.82) is 0 Å². The molecule has 0 radical (unpaired) electrons. The Morgan fingerprint density at radius 2 is 1.59 bits per heavy atom. The molecule has 1 aromatic carbocycles. The molecule has 5 N–H and O–H groups in total. The van der Waals surface area contributed by atoms with E-state index in [9.17, 15) is 14.4 Å². The van der Waals surface area contributed by atoms with Crippen LogP contribution in [0.15, 0.2) is 103 Å². The fraction of sp³-hybridized carbons (Fsp3) is 0.618. The molecule has 13 heteroatoms. The van der Waals surface area contributed by atoms with E-state index in [1.54, 1.807) is 14.0 Å². The van der Waals surface area contributed by atoms with Crippen LogP contribution in [0, 0.1) is 17.8 Å². The van der Waals surface area contributed by atoms with E-state index < -0.39 is 0 Å². The van der Waals surface area contributed by atoms with Crippen LogP contribution in [0.4, 0.5) is 5.69 Å². The van der Waals surface area contributed by atoms with Gasteiger partial charge in [0.2, 0.25) is 17.7 Å². The van der Waals surface area contributed by atoms with Gasteiger partial charge in [-0.05, 0) is 140 Å². The number of piperidine rings is 3. The van der Waals surface area contributed by atoms with Crippen molar-refractivity contribution in [3.8, 4) is 0 Å². The van der Waals surface area contributed by atoms with E-state index in [0.717, 1.165) is 154 Å². The second-order valence-electron chi connectivity index (χ2n) is 18.0. The molecular formula is C55H93N9O4. The van der Waals surface area contributed by atoms with Crippen LogP contribution in [0.1, 0.15) is 92.9 Å². The number of likely N-dealkylation sites (N-methyl/N-ethyl adjacent to an activating group) is 2. The average molecular weight is 944 g/mol. The first kappa shape index (κ1) is 59.3. The lowest BCUT2D eigenvalue weighted by molar-refractivity contribution is -0.138. The predicted octanol–water partition coefficient (Wildman–Crippen LogP) is 7.57. The first-order chi connectivity index (χ1) is 33.0. The molecule has 4 aliphatic heterocycles. The standard InChI is InChI=1S/C23H34N4O.C22H38N4O3.C8H15N.C2H6/c1-2-21(26-22-6-4-3-5-7-22)10-15-25-23(28)20-11-16-27(17-12-20)18-19-8-13-24-14-9-19;1-18(27)24-16-19-7-14-26(15-8-19)22(28)20-9-12-25(13-10-20)17-21(29-3)6-4-5-11-23-2;1-5-6-7-9(4)8(2)3;1-2/h3-9,13,20-21,24,26H,2,10-12,14-18H2,1H3,(H,25,28);4-6,19-20,23H,7-17H2,1-3H3,(H,24,27);5-6H,2,7H2,1,3-4H3;1-2H3/b;5-4+,21-6-;6-5-;. The molecule has 382 valence electrons. The summed E-state index contributed by atoms with van der Waals surface area (Å²) >= 11 is 0. The second-order valence-corrected chi connectivity index (χ2v) is 18.0. The summed E-state index contributed by atoms with van der Waals surface area (Å²) in [6, 6.07) is 10.7. The first-order valence-corrected chi connectivity index (χ1v) is 25.6. The summed E-state index contributed by atoms with van der Waals surface area (Å²) in [5.74, 6) is 2.32. The second kappa shape index (κ2) is 36.2. The molecule has 1 atom stereocenters. The van der Waals surface area contributed by atoms with E-state index in [-0.39, 0.29) is 23.7 Å². The molecule has 68 heavy (non-hydrogen) atoms.